The van der Waals surface area contributed by atoms with Gasteiger partial charge in [-0.25, -0.2) is 17.5 Å². The molecule has 0 unspecified atom stereocenters. The third-order valence-corrected chi connectivity index (χ3v) is 7.89. The minimum absolute atomic E-state index is 0.0296. The molecule has 1 amide bonds. The zero-order valence-corrected chi connectivity index (χ0v) is 18.5. The van der Waals surface area contributed by atoms with E-state index in [4.69, 9.17) is 0 Å². The number of nitrogens with zero attached hydrogens (tertiary/aromatic N) is 5. The summed E-state index contributed by atoms with van der Waals surface area (Å²) < 4.78 is 44.8. The van der Waals surface area contributed by atoms with Gasteiger partial charge in [-0.2, -0.15) is 4.31 Å². The van der Waals surface area contributed by atoms with Gasteiger partial charge in [-0.3, -0.25) is 4.79 Å². The summed E-state index contributed by atoms with van der Waals surface area (Å²) in [6.45, 7) is 2.33. The van der Waals surface area contributed by atoms with E-state index in [-0.39, 0.29) is 35.8 Å². The minimum atomic E-state index is -4.04. The van der Waals surface area contributed by atoms with Crippen molar-refractivity contribution in [2.75, 3.05) is 19.6 Å². The average Bonchev–Trinajstić information content (AvgIpc) is 3.50. The predicted molar refractivity (Wildman–Crippen MR) is 119 cm³/mol. The number of H-pyrrole nitrogens is 1. The van der Waals surface area contributed by atoms with Crippen LogP contribution in [0.5, 0.6) is 0 Å². The van der Waals surface area contributed by atoms with E-state index in [9.17, 15) is 17.6 Å². The van der Waals surface area contributed by atoms with Crippen molar-refractivity contribution in [1.29, 1.82) is 0 Å². The molecular formula is C22H21FN6O3S. The van der Waals surface area contributed by atoms with Crippen LogP contribution in [-0.2, 0) is 10.0 Å². The summed E-state index contributed by atoms with van der Waals surface area (Å²) >= 11 is 0. The fourth-order valence-corrected chi connectivity index (χ4v) is 6.05. The predicted octanol–water partition coefficient (Wildman–Crippen LogP) is 2.42. The molecule has 170 valence electrons. The van der Waals surface area contributed by atoms with Crippen molar-refractivity contribution >= 4 is 26.8 Å². The standard InChI is InChI=1S/C22H21FN6O3S/c1-15-14-27(22(30)16-5-3-2-4-6-16)11-12-29(15)33(31,32)19-13-24-21-18(28-10-9-25-26-28)8-7-17(23)20(19)21/h2-10,13,15,24H,11-12,14H2,1H3/t15-/m1/s1. The summed E-state index contributed by atoms with van der Waals surface area (Å²) in [4.78, 5) is 17.2. The second-order valence-corrected chi connectivity index (χ2v) is 9.76. The van der Waals surface area contributed by atoms with Gasteiger partial charge in [0.2, 0.25) is 10.0 Å². The Balaban J connectivity index is 1.46. The van der Waals surface area contributed by atoms with E-state index >= 15 is 0 Å². The van der Waals surface area contributed by atoms with Crippen LogP contribution in [-0.4, -0.2) is 69.2 Å². The van der Waals surface area contributed by atoms with Gasteiger partial charge in [0, 0.05) is 37.4 Å². The molecule has 0 bridgehead atoms. The van der Waals surface area contributed by atoms with Gasteiger partial charge in [-0.1, -0.05) is 23.4 Å². The molecule has 1 aliphatic heterocycles. The summed E-state index contributed by atoms with van der Waals surface area (Å²) in [7, 11) is -4.04. The first-order valence-corrected chi connectivity index (χ1v) is 11.8. The van der Waals surface area contributed by atoms with Gasteiger partial charge in [0.25, 0.3) is 5.91 Å². The second kappa shape index (κ2) is 8.09. The third kappa shape index (κ3) is 3.58. The maximum atomic E-state index is 14.9. The summed E-state index contributed by atoms with van der Waals surface area (Å²) in [5, 5.41) is 7.64. The van der Waals surface area contributed by atoms with E-state index < -0.39 is 21.9 Å². The summed E-state index contributed by atoms with van der Waals surface area (Å²) in [6.07, 6.45) is 4.37. The highest BCUT2D eigenvalue weighted by atomic mass is 32.2. The quantitative estimate of drug-likeness (QED) is 0.495. The smallest absolute Gasteiger partial charge is 0.253 e. The molecule has 5 rings (SSSR count). The highest BCUT2D eigenvalue weighted by Crippen LogP contribution is 2.33. The van der Waals surface area contributed by atoms with Gasteiger partial charge < -0.3 is 9.88 Å². The van der Waals surface area contributed by atoms with Crippen molar-refractivity contribution in [3.63, 3.8) is 0 Å². The van der Waals surface area contributed by atoms with Gasteiger partial charge in [-0.05, 0) is 31.2 Å². The van der Waals surface area contributed by atoms with Gasteiger partial charge in [0.1, 0.15) is 10.7 Å². The van der Waals surface area contributed by atoms with Crippen molar-refractivity contribution in [3.05, 3.63) is 72.4 Å². The van der Waals surface area contributed by atoms with Crippen LogP contribution < -0.4 is 0 Å². The summed E-state index contributed by atoms with van der Waals surface area (Å²) in [6, 6.07) is 11.1. The highest BCUT2D eigenvalue weighted by molar-refractivity contribution is 7.89. The molecule has 0 aliphatic carbocycles. The number of fused-ring (bicyclic) bond motifs is 1. The summed E-state index contributed by atoms with van der Waals surface area (Å²) in [5.74, 6) is -0.797. The zero-order chi connectivity index (χ0) is 23.2. The van der Waals surface area contributed by atoms with Crippen molar-refractivity contribution in [2.24, 2.45) is 0 Å². The molecular weight excluding hydrogens is 447 g/mol. The molecule has 11 heteroatoms. The lowest BCUT2D eigenvalue weighted by Crippen LogP contribution is -2.55. The van der Waals surface area contributed by atoms with Crippen LogP contribution in [0.3, 0.4) is 0 Å². The number of halogens is 1. The largest absolute Gasteiger partial charge is 0.358 e. The number of hydrogen-bond donors (Lipinski definition) is 1. The fraction of sp³-hybridized carbons (Fsp3) is 0.227. The van der Waals surface area contributed by atoms with Crippen molar-refractivity contribution in [1.82, 2.24) is 29.2 Å². The molecule has 9 nitrogen and oxygen atoms in total. The molecule has 1 aliphatic rings. The monoisotopic (exact) mass is 468 g/mol. The number of piperazine rings is 1. The Labute approximate surface area is 189 Å². The second-order valence-electron chi connectivity index (χ2n) is 7.90. The molecule has 4 aromatic rings. The topological polar surface area (TPSA) is 104 Å². The van der Waals surface area contributed by atoms with E-state index in [1.807, 2.05) is 6.07 Å². The summed E-state index contributed by atoms with van der Waals surface area (Å²) in [5.41, 5.74) is 1.35. The minimum Gasteiger partial charge on any atom is -0.358 e. The van der Waals surface area contributed by atoms with Crippen molar-refractivity contribution < 1.29 is 17.6 Å². The maximum absolute atomic E-state index is 14.9. The lowest BCUT2D eigenvalue weighted by Gasteiger charge is -2.38. The van der Waals surface area contributed by atoms with Crippen molar-refractivity contribution in [3.8, 4) is 5.69 Å². The molecule has 1 atom stereocenters. The van der Waals surface area contributed by atoms with Gasteiger partial charge in [0.15, 0.2) is 0 Å². The Morgan fingerprint density at radius 3 is 2.64 bits per heavy atom. The maximum Gasteiger partial charge on any atom is 0.253 e. The average molecular weight is 469 g/mol. The lowest BCUT2D eigenvalue weighted by molar-refractivity contribution is 0.0642. The van der Waals surface area contributed by atoms with E-state index in [2.05, 4.69) is 15.3 Å². The SMILES string of the molecule is C[C@@H]1CN(C(=O)c2ccccc2)CCN1S(=O)(=O)c1c[nH]c2c(-n3ccnn3)ccc(F)c12. The molecule has 33 heavy (non-hydrogen) atoms. The van der Waals surface area contributed by atoms with E-state index in [0.29, 0.717) is 16.8 Å². The Hall–Kier alpha value is -3.57. The number of aromatic amines is 1. The normalized spacial score (nSPS) is 17.5. The zero-order valence-electron chi connectivity index (χ0n) is 17.7. The first kappa shape index (κ1) is 21.3. The van der Waals surface area contributed by atoms with Crippen LogP contribution in [0.15, 0.2) is 66.0 Å². The van der Waals surface area contributed by atoms with Gasteiger partial charge in [-0.15, -0.1) is 5.10 Å². The number of amides is 1. The Kier molecular flexibility index (Phi) is 5.22. The van der Waals surface area contributed by atoms with Gasteiger partial charge >= 0.3 is 0 Å². The number of sulfonamides is 1. The number of nitrogens with one attached hydrogen (secondary N) is 1. The van der Waals surface area contributed by atoms with E-state index in [1.165, 1.54) is 33.5 Å². The number of benzene rings is 2. The van der Waals surface area contributed by atoms with Crippen LogP contribution in [0.25, 0.3) is 16.6 Å². The number of hydrogen-bond acceptors (Lipinski definition) is 5. The van der Waals surface area contributed by atoms with Crippen LogP contribution in [0, 0.1) is 5.82 Å². The molecule has 1 fully saturated rings. The van der Waals surface area contributed by atoms with E-state index in [1.54, 1.807) is 42.3 Å². The Bertz CT molecular complexity index is 1420. The highest BCUT2D eigenvalue weighted by Gasteiger charge is 2.37. The van der Waals surface area contributed by atoms with Crippen molar-refractivity contribution in [2.45, 2.75) is 17.9 Å². The third-order valence-electron chi connectivity index (χ3n) is 5.86. The molecule has 0 radical (unpaired) electrons. The Morgan fingerprint density at radius 2 is 1.94 bits per heavy atom. The van der Waals surface area contributed by atoms with Crippen LogP contribution in [0.2, 0.25) is 0 Å². The Morgan fingerprint density at radius 1 is 1.15 bits per heavy atom. The van der Waals surface area contributed by atoms with Gasteiger partial charge in [0.05, 0.1) is 29.0 Å². The number of carbonyl (C=O) groups excluding carboxylic acids is 1. The molecule has 2 aromatic carbocycles. The molecule has 0 spiro atoms. The van der Waals surface area contributed by atoms with Crippen LogP contribution in [0.4, 0.5) is 4.39 Å². The molecule has 0 saturated carbocycles. The van der Waals surface area contributed by atoms with Crippen LogP contribution in [0.1, 0.15) is 17.3 Å². The molecule has 1 N–H and O–H groups in total. The molecule has 1 saturated heterocycles. The van der Waals surface area contributed by atoms with Crippen LogP contribution >= 0.6 is 0 Å². The molecule has 3 heterocycles. The fourth-order valence-electron chi connectivity index (χ4n) is 4.27. The number of rotatable bonds is 4. The number of carbonyl (C=O) groups is 1. The van der Waals surface area contributed by atoms with E-state index in [0.717, 1.165) is 0 Å². The lowest BCUT2D eigenvalue weighted by atomic mass is 10.1. The number of aromatic nitrogens is 4. The molecule has 2 aromatic heterocycles. The first-order valence-electron chi connectivity index (χ1n) is 10.4. The first-order chi connectivity index (χ1) is 15.9.